The molecule has 1 rings (SSSR count). The van der Waals surface area contributed by atoms with Crippen molar-refractivity contribution in [1.29, 1.82) is 0 Å². The maximum Gasteiger partial charge on any atom is 0.300 e. The Kier molecular flexibility index (Phi) is 3.69. The van der Waals surface area contributed by atoms with E-state index < -0.39 is 28.0 Å². The van der Waals surface area contributed by atoms with Crippen LogP contribution in [0.3, 0.4) is 0 Å². The largest absolute Gasteiger partial charge is 0.384 e. The molecule has 5 N–H and O–H groups in total. The fourth-order valence-electron chi connectivity index (χ4n) is 1.20. The molecule has 0 aliphatic carbocycles. The number of nitrogens with one attached hydrogen (secondary N) is 1. The minimum Gasteiger partial charge on any atom is -0.384 e. The maximum absolute atomic E-state index is 11.9. The smallest absolute Gasteiger partial charge is 0.300 e. The minimum absolute atomic E-state index is 0.0485. The van der Waals surface area contributed by atoms with Gasteiger partial charge in [-0.25, -0.2) is 4.98 Å². The Morgan fingerprint density at radius 1 is 1.47 bits per heavy atom. The fraction of sp³-hybridized carbons (Fsp3) is 0.300. The number of aromatic nitrogens is 1. The van der Waals surface area contributed by atoms with Crippen LogP contribution in [0.5, 0.6) is 0 Å². The summed E-state index contributed by atoms with van der Waals surface area (Å²) < 4.78 is 0. The number of nitro groups is 1. The van der Waals surface area contributed by atoms with Crippen LogP contribution in [0.1, 0.15) is 24.2 Å². The van der Waals surface area contributed by atoms with Crippen molar-refractivity contribution in [1.82, 2.24) is 10.3 Å². The van der Waals surface area contributed by atoms with Crippen molar-refractivity contribution in [3.05, 3.63) is 27.9 Å². The van der Waals surface area contributed by atoms with Gasteiger partial charge >= 0.3 is 0 Å². The third kappa shape index (κ3) is 3.15. The zero-order valence-corrected chi connectivity index (χ0v) is 10.3. The van der Waals surface area contributed by atoms with Gasteiger partial charge in [-0.1, -0.05) is 0 Å². The first kappa shape index (κ1) is 14.4. The van der Waals surface area contributed by atoms with Crippen LogP contribution in [-0.2, 0) is 4.79 Å². The van der Waals surface area contributed by atoms with Crippen LogP contribution >= 0.6 is 0 Å². The van der Waals surface area contributed by atoms with Crippen LogP contribution in [0.2, 0.25) is 0 Å². The fourth-order valence-corrected chi connectivity index (χ4v) is 1.20. The molecule has 0 saturated heterocycles. The van der Waals surface area contributed by atoms with E-state index in [0.29, 0.717) is 0 Å². The second-order valence-electron chi connectivity index (χ2n) is 4.33. The number of nitrogen functional groups attached to an aromatic ring is 1. The summed E-state index contributed by atoms with van der Waals surface area (Å²) in [4.78, 5) is 36.6. The number of carbonyl (C=O) groups is 2. The number of amides is 2. The van der Waals surface area contributed by atoms with E-state index in [0.717, 1.165) is 12.3 Å². The zero-order valence-electron chi connectivity index (χ0n) is 10.3. The Morgan fingerprint density at radius 3 is 2.53 bits per heavy atom. The van der Waals surface area contributed by atoms with Crippen molar-refractivity contribution in [2.24, 2.45) is 5.73 Å². The van der Waals surface area contributed by atoms with E-state index in [4.69, 9.17) is 11.5 Å². The average Bonchev–Trinajstić information content (AvgIpc) is 2.27. The Morgan fingerprint density at radius 2 is 2.05 bits per heavy atom. The number of hydrogen-bond acceptors (Lipinski definition) is 6. The number of anilines is 1. The van der Waals surface area contributed by atoms with E-state index in [1.807, 2.05) is 0 Å². The Balaban J connectivity index is 3.16. The van der Waals surface area contributed by atoms with Crippen LogP contribution < -0.4 is 16.8 Å². The van der Waals surface area contributed by atoms with E-state index >= 15 is 0 Å². The van der Waals surface area contributed by atoms with E-state index in [9.17, 15) is 19.7 Å². The molecule has 1 aromatic heterocycles. The predicted octanol–water partition coefficient (Wildman–Crippen LogP) is -0.434. The van der Waals surface area contributed by atoms with Crippen LogP contribution in [0, 0.1) is 10.1 Å². The number of carbonyl (C=O) groups excluding carboxylic acids is 2. The lowest BCUT2D eigenvalue weighted by molar-refractivity contribution is -0.385. The number of primary amides is 1. The van der Waals surface area contributed by atoms with Crippen molar-refractivity contribution >= 4 is 23.3 Å². The van der Waals surface area contributed by atoms with Gasteiger partial charge in [0.1, 0.15) is 23.1 Å². The summed E-state index contributed by atoms with van der Waals surface area (Å²) in [5.41, 5.74) is 8.35. The number of nitrogens with zero attached hydrogens (tertiary/aromatic N) is 2. The SMILES string of the molecule is CC(C)(NC(=O)c1cc(N)ncc1[N+](=O)[O-])C(N)=O. The number of pyridine rings is 1. The predicted molar refractivity (Wildman–Crippen MR) is 66.0 cm³/mol. The molecule has 0 fully saturated rings. The normalized spacial score (nSPS) is 10.8. The van der Waals surface area contributed by atoms with E-state index in [2.05, 4.69) is 10.3 Å². The standard InChI is InChI=1S/C10H13N5O4/c1-10(2,9(12)17)14-8(16)5-3-7(11)13-4-6(5)15(18)19/h3-4H,1-2H3,(H2,11,13)(H2,12,17)(H,14,16). The summed E-state index contributed by atoms with van der Waals surface area (Å²) in [6.45, 7) is 2.76. The lowest BCUT2D eigenvalue weighted by Gasteiger charge is -2.22. The van der Waals surface area contributed by atoms with Crippen molar-refractivity contribution in [2.45, 2.75) is 19.4 Å². The summed E-state index contributed by atoms with van der Waals surface area (Å²) in [6.07, 6.45) is 0.877. The molecule has 19 heavy (non-hydrogen) atoms. The number of nitrogens with two attached hydrogens (primary N) is 2. The third-order valence-corrected chi connectivity index (χ3v) is 2.39. The molecule has 1 aromatic rings. The summed E-state index contributed by atoms with van der Waals surface area (Å²) in [5.74, 6) is -1.65. The molecule has 0 bridgehead atoms. The number of rotatable bonds is 4. The van der Waals surface area contributed by atoms with Crippen LogP contribution in [0.4, 0.5) is 11.5 Å². The molecule has 9 heteroatoms. The maximum atomic E-state index is 11.9. The Hall–Kier alpha value is -2.71. The highest BCUT2D eigenvalue weighted by Crippen LogP contribution is 2.19. The first-order valence-corrected chi connectivity index (χ1v) is 5.17. The molecule has 102 valence electrons. The molecule has 0 aromatic carbocycles. The molecular formula is C10H13N5O4. The average molecular weight is 267 g/mol. The Labute approximate surface area is 108 Å². The monoisotopic (exact) mass is 267 g/mol. The molecule has 0 aliphatic rings. The highest BCUT2D eigenvalue weighted by molar-refractivity contribution is 6.01. The van der Waals surface area contributed by atoms with Gasteiger partial charge < -0.3 is 16.8 Å². The summed E-state index contributed by atoms with van der Waals surface area (Å²) in [7, 11) is 0. The summed E-state index contributed by atoms with van der Waals surface area (Å²) in [6, 6.07) is 1.06. The first-order chi connectivity index (χ1) is 8.65. The van der Waals surface area contributed by atoms with Crippen molar-refractivity contribution in [3.8, 4) is 0 Å². The molecule has 1 heterocycles. The molecule has 0 saturated carbocycles. The highest BCUT2D eigenvalue weighted by Gasteiger charge is 2.30. The van der Waals surface area contributed by atoms with Gasteiger partial charge in [-0.3, -0.25) is 19.7 Å². The van der Waals surface area contributed by atoms with Gasteiger partial charge in [-0.05, 0) is 19.9 Å². The van der Waals surface area contributed by atoms with Crippen LogP contribution in [0.25, 0.3) is 0 Å². The summed E-state index contributed by atoms with van der Waals surface area (Å²) >= 11 is 0. The van der Waals surface area contributed by atoms with E-state index in [-0.39, 0.29) is 11.4 Å². The van der Waals surface area contributed by atoms with Crippen molar-refractivity contribution in [2.75, 3.05) is 5.73 Å². The van der Waals surface area contributed by atoms with Crippen LogP contribution in [-0.4, -0.2) is 27.3 Å². The topological polar surface area (TPSA) is 154 Å². The molecular weight excluding hydrogens is 254 g/mol. The molecule has 0 atom stereocenters. The summed E-state index contributed by atoms with van der Waals surface area (Å²) in [5, 5.41) is 13.1. The van der Waals surface area contributed by atoms with Crippen molar-refractivity contribution in [3.63, 3.8) is 0 Å². The third-order valence-electron chi connectivity index (χ3n) is 2.39. The van der Waals surface area contributed by atoms with Gasteiger partial charge in [-0.15, -0.1) is 0 Å². The highest BCUT2D eigenvalue weighted by atomic mass is 16.6. The van der Waals surface area contributed by atoms with Crippen LogP contribution in [0.15, 0.2) is 12.3 Å². The molecule has 0 radical (unpaired) electrons. The lowest BCUT2D eigenvalue weighted by atomic mass is 10.0. The quantitative estimate of drug-likeness (QED) is 0.496. The van der Waals surface area contributed by atoms with Gasteiger partial charge in [0.15, 0.2) is 0 Å². The molecule has 0 aliphatic heterocycles. The minimum atomic E-state index is -1.34. The van der Waals surface area contributed by atoms with Gasteiger partial charge in [0.05, 0.1) is 4.92 Å². The molecule has 0 unspecified atom stereocenters. The second-order valence-corrected chi connectivity index (χ2v) is 4.33. The van der Waals surface area contributed by atoms with Gasteiger partial charge in [0.25, 0.3) is 11.6 Å². The van der Waals surface area contributed by atoms with E-state index in [1.54, 1.807) is 0 Å². The van der Waals surface area contributed by atoms with Gasteiger partial charge in [0, 0.05) is 0 Å². The number of hydrogen-bond donors (Lipinski definition) is 3. The molecule has 2 amide bonds. The Bertz CT molecular complexity index is 555. The van der Waals surface area contributed by atoms with E-state index in [1.165, 1.54) is 13.8 Å². The second kappa shape index (κ2) is 4.88. The lowest BCUT2D eigenvalue weighted by Crippen LogP contribution is -2.53. The molecule has 9 nitrogen and oxygen atoms in total. The van der Waals surface area contributed by atoms with Gasteiger partial charge in [-0.2, -0.15) is 0 Å². The van der Waals surface area contributed by atoms with Crippen molar-refractivity contribution < 1.29 is 14.5 Å². The molecule has 0 spiro atoms. The first-order valence-electron chi connectivity index (χ1n) is 5.17. The zero-order chi connectivity index (χ0) is 14.8. The van der Waals surface area contributed by atoms with Gasteiger partial charge in [0.2, 0.25) is 5.91 Å².